The van der Waals surface area contributed by atoms with Gasteiger partial charge in [0.1, 0.15) is 12.6 Å². The molecule has 7 nitrogen and oxygen atoms in total. The number of halogens is 1. The Kier molecular flexibility index (Phi) is 9.57. The molecular formula is C26H34ClN3O4S. The van der Waals surface area contributed by atoms with E-state index >= 15 is 0 Å². The third kappa shape index (κ3) is 7.70. The van der Waals surface area contributed by atoms with Crippen molar-refractivity contribution < 1.29 is 18.0 Å². The van der Waals surface area contributed by atoms with Crippen molar-refractivity contribution in [2.45, 2.75) is 57.5 Å². The summed E-state index contributed by atoms with van der Waals surface area (Å²) in [7, 11) is -3.78. The van der Waals surface area contributed by atoms with Gasteiger partial charge in [0.2, 0.25) is 21.8 Å². The molecule has 1 fully saturated rings. The molecule has 0 bridgehead atoms. The van der Waals surface area contributed by atoms with E-state index in [4.69, 9.17) is 11.6 Å². The Bertz CT molecular complexity index is 1100. The summed E-state index contributed by atoms with van der Waals surface area (Å²) in [4.78, 5) is 28.4. The quantitative estimate of drug-likeness (QED) is 0.486. The first-order chi connectivity index (χ1) is 16.7. The Morgan fingerprint density at radius 2 is 1.77 bits per heavy atom. The minimum Gasteiger partial charge on any atom is -0.352 e. The van der Waals surface area contributed by atoms with Gasteiger partial charge in [-0.05, 0) is 49.4 Å². The minimum absolute atomic E-state index is 0.126. The average molecular weight is 520 g/mol. The van der Waals surface area contributed by atoms with Gasteiger partial charge in [-0.25, -0.2) is 8.42 Å². The van der Waals surface area contributed by atoms with Crippen molar-refractivity contribution in [2.75, 3.05) is 23.7 Å². The van der Waals surface area contributed by atoms with Crippen molar-refractivity contribution in [1.29, 1.82) is 0 Å². The number of nitrogens with zero attached hydrogens (tertiary/aromatic N) is 2. The highest BCUT2D eigenvalue weighted by Gasteiger charge is 2.32. The Labute approximate surface area is 213 Å². The summed E-state index contributed by atoms with van der Waals surface area (Å²) in [5.41, 5.74) is 1.34. The second kappa shape index (κ2) is 12.4. The molecule has 2 aromatic rings. The van der Waals surface area contributed by atoms with Gasteiger partial charge in [-0.15, -0.1) is 0 Å². The van der Waals surface area contributed by atoms with Crippen LogP contribution in [0.25, 0.3) is 0 Å². The SMILES string of the molecule is CC[C@@H](C(=O)NC1CCCC1)N(CCc1ccccc1)C(=O)CN(c1cccc(Cl)c1)S(C)(=O)=O. The molecule has 0 aliphatic heterocycles. The van der Waals surface area contributed by atoms with Crippen LogP contribution in [0, 0.1) is 0 Å². The molecule has 190 valence electrons. The fourth-order valence-corrected chi connectivity index (χ4v) is 5.53. The number of amides is 2. The van der Waals surface area contributed by atoms with E-state index in [1.807, 2.05) is 37.3 Å². The normalized spacial score (nSPS) is 14.9. The molecule has 1 saturated carbocycles. The van der Waals surface area contributed by atoms with E-state index in [1.165, 1.54) is 11.0 Å². The second-order valence-corrected chi connectivity index (χ2v) is 11.3. The van der Waals surface area contributed by atoms with E-state index in [9.17, 15) is 18.0 Å². The molecule has 3 rings (SSSR count). The fraction of sp³-hybridized carbons (Fsp3) is 0.462. The standard InChI is InChI=1S/C26H34ClN3O4S/c1-3-24(26(32)28-22-13-7-8-14-22)29(17-16-20-10-5-4-6-11-20)25(31)19-30(35(2,33)34)23-15-9-12-21(27)18-23/h4-6,9-12,15,18,22,24H,3,7-8,13-14,16-17,19H2,1-2H3,(H,28,32)/t24-/m0/s1. The maximum Gasteiger partial charge on any atom is 0.244 e. The van der Waals surface area contributed by atoms with Gasteiger partial charge >= 0.3 is 0 Å². The van der Waals surface area contributed by atoms with Crippen molar-refractivity contribution in [3.8, 4) is 0 Å². The van der Waals surface area contributed by atoms with E-state index in [0.717, 1.165) is 41.8 Å². The summed E-state index contributed by atoms with van der Waals surface area (Å²) in [5, 5.41) is 3.47. The van der Waals surface area contributed by atoms with Crippen LogP contribution in [-0.2, 0) is 26.0 Å². The minimum atomic E-state index is -3.78. The predicted octanol–water partition coefficient (Wildman–Crippen LogP) is 4.01. The van der Waals surface area contributed by atoms with Gasteiger partial charge in [-0.1, -0.05) is 67.8 Å². The number of hydrogen-bond acceptors (Lipinski definition) is 4. The van der Waals surface area contributed by atoms with Crippen LogP contribution in [0.2, 0.25) is 5.02 Å². The van der Waals surface area contributed by atoms with Crippen molar-refractivity contribution in [2.24, 2.45) is 0 Å². The zero-order valence-electron chi connectivity index (χ0n) is 20.3. The lowest BCUT2D eigenvalue weighted by Gasteiger charge is -2.33. The number of rotatable bonds is 11. The molecule has 0 spiro atoms. The Hall–Kier alpha value is -2.58. The molecule has 0 aromatic heterocycles. The summed E-state index contributed by atoms with van der Waals surface area (Å²) < 4.78 is 26.3. The highest BCUT2D eigenvalue weighted by molar-refractivity contribution is 7.92. The first kappa shape index (κ1) is 27.0. The van der Waals surface area contributed by atoms with Gasteiger partial charge in [0.15, 0.2) is 0 Å². The molecule has 0 radical (unpaired) electrons. The molecular weight excluding hydrogens is 486 g/mol. The molecule has 1 atom stereocenters. The van der Waals surface area contributed by atoms with Gasteiger partial charge < -0.3 is 10.2 Å². The fourth-order valence-electron chi connectivity index (χ4n) is 4.51. The maximum atomic E-state index is 13.6. The molecule has 9 heteroatoms. The van der Waals surface area contributed by atoms with Gasteiger partial charge in [-0.2, -0.15) is 0 Å². The molecule has 2 aromatic carbocycles. The largest absolute Gasteiger partial charge is 0.352 e. The van der Waals surface area contributed by atoms with E-state index in [-0.39, 0.29) is 11.9 Å². The molecule has 2 amide bonds. The molecule has 35 heavy (non-hydrogen) atoms. The molecule has 1 aliphatic rings. The molecule has 0 heterocycles. The first-order valence-electron chi connectivity index (χ1n) is 12.1. The topological polar surface area (TPSA) is 86.8 Å². The Balaban J connectivity index is 1.86. The van der Waals surface area contributed by atoms with Crippen LogP contribution in [0.1, 0.15) is 44.6 Å². The Morgan fingerprint density at radius 1 is 1.09 bits per heavy atom. The number of carbonyl (C=O) groups is 2. The van der Waals surface area contributed by atoms with E-state index in [0.29, 0.717) is 30.1 Å². The highest BCUT2D eigenvalue weighted by atomic mass is 35.5. The van der Waals surface area contributed by atoms with Crippen molar-refractivity contribution in [1.82, 2.24) is 10.2 Å². The van der Waals surface area contributed by atoms with Gasteiger partial charge in [0.25, 0.3) is 0 Å². The molecule has 0 unspecified atom stereocenters. The summed E-state index contributed by atoms with van der Waals surface area (Å²) in [6.45, 7) is 1.75. The molecule has 1 N–H and O–H groups in total. The second-order valence-electron chi connectivity index (χ2n) is 8.99. The summed E-state index contributed by atoms with van der Waals surface area (Å²) in [6.07, 6.45) is 6.08. The first-order valence-corrected chi connectivity index (χ1v) is 14.3. The third-order valence-electron chi connectivity index (χ3n) is 6.35. The lowest BCUT2D eigenvalue weighted by atomic mass is 10.1. The lowest BCUT2D eigenvalue weighted by molar-refractivity contribution is -0.139. The number of hydrogen-bond donors (Lipinski definition) is 1. The van der Waals surface area contributed by atoms with E-state index in [1.54, 1.807) is 18.2 Å². The van der Waals surface area contributed by atoms with Gasteiger partial charge in [0.05, 0.1) is 11.9 Å². The zero-order valence-corrected chi connectivity index (χ0v) is 21.9. The Morgan fingerprint density at radius 3 is 2.37 bits per heavy atom. The number of nitrogens with one attached hydrogen (secondary N) is 1. The molecule has 0 saturated heterocycles. The van der Waals surface area contributed by atoms with Crippen LogP contribution < -0.4 is 9.62 Å². The highest BCUT2D eigenvalue weighted by Crippen LogP contribution is 2.23. The number of benzene rings is 2. The third-order valence-corrected chi connectivity index (χ3v) is 7.72. The van der Waals surface area contributed by atoms with E-state index in [2.05, 4.69) is 5.32 Å². The van der Waals surface area contributed by atoms with Crippen LogP contribution in [0.3, 0.4) is 0 Å². The summed E-state index contributed by atoms with van der Waals surface area (Å²) >= 11 is 6.08. The summed E-state index contributed by atoms with van der Waals surface area (Å²) in [5.74, 6) is -0.616. The van der Waals surface area contributed by atoms with Crippen molar-refractivity contribution >= 4 is 39.1 Å². The van der Waals surface area contributed by atoms with Gasteiger partial charge in [0, 0.05) is 17.6 Å². The smallest absolute Gasteiger partial charge is 0.244 e. The van der Waals surface area contributed by atoms with Crippen LogP contribution >= 0.6 is 11.6 Å². The van der Waals surface area contributed by atoms with Crippen molar-refractivity contribution in [3.63, 3.8) is 0 Å². The van der Waals surface area contributed by atoms with Gasteiger partial charge in [-0.3, -0.25) is 13.9 Å². The van der Waals surface area contributed by atoms with Crippen LogP contribution in [0.5, 0.6) is 0 Å². The summed E-state index contributed by atoms with van der Waals surface area (Å²) in [6, 6.07) is 15.5. The predicted molar refractivity (Wildman–Crippen MR) is 140 cm³/mol. The molecule has 1 aliphatic carbocycles. The monoisotopic (exact) mass is 519 g/mol. The average Bonchev–Trinajstić information content (AvgIpc) is 3.32. The zero-order chi connectivity index (χ0) is 25.4. The van der Waals surface area contributed by atoms with Crippen molar-refractivity contribution in [3.05, 3.63) is 65.2 Å². The van der Waals surface area contributed by atoms with Crippen LogP contribution in [0.15, 0.2) is 54.6 Å². The van der Waals surface area contributed by atoms with E-state index < -0.39 is 28.5 Å². The number of anilines is 1. The maximum absolute atomic E-state index is 13.6. The number of sulfonamides is 1. The van der Waals surface area contributed by atoms with Crippen LogP contribution in [0.4, 0.5) is 5.69 Å². The lowest BCUT2D eigenvalue weighted by Crippen LogP contribution is -2.54. The number of carbonyl (C=O) groups excluding carboxylic acids is 2. The van der Waals surface area contributed by atoms with Crippen LogP contribution in [-0.4, -0.2) is 56.6 Å².